The number of benzene rings is 2. The van der Waals surface area contributed by atoms with E-state index in [0.717, 1.165) is 41.5 Å². The number of carboxylic acid groups (broad SMARTS) is 1. The van der Waals surface area contributed by atoms with Crippen molar-refractivity contribution in [3.63, 3.8) is 0 Å². The van der Waals surface area contributed by atoms with Crippen LogP contribution in [0.1, 0.15) is 70.7 Å². The Morgan fingerprint density at radius 1 is 1.02 bits per heavy atom. The molecule has 6 rings (SSSR count). The molecule has 0 bridgehead atoms. The molecule has 2 aromatic carbocycles. The van der Waals surface area contributed by atoms with Crippen molar-refractivity contribution in [2.75, 3.05) is 6.61 Å². The van der Waals surface area contributed by atoms with Crippen molar-refractivity contribution >= 4 is 34.4 Å². The lowest BCUT2D eigenvalue weighted by Gasteiger charge is -2.23. The van der Waals surface area contributed by atoms with Gasteiger partial charge in [0.1, 0.15) is 0 Å². The molecule has 2 unspecified atom stereocenters. The minimum absolute atomic E-state index is 0.0584. The molecule has 1 aliphatic rings. The molecule has 1 amide bonds. The van der Waals surface area contributed by atoms with Crippen molar-refractivity contribution < 1.29 is 19.4 Å². The predicted molar refractivity (Wildman–Crippen MR) is 169 cm³/mol. The van der Waals surface area contributed by atoms with Crippen LogP contribution in [0.25, 0.3) is 10.9 Å². The summed E-state index contributed by atoms with van der Waals surface area (Å²) in [6.45, 7) is 1.09. The van der Waals surface area contributed by atoms with Crippen molar-refractivity contribution in [3.8, 4) is 0 Å². The third-order valence-electron chi connectivity index (χ3n) is 7.88. The smallest absolute Gasteiger partial charge is 0.305 e. The van der Waals surface area contributed by atoms with E-state index in [9.17, 15) is 19.5 Å². The molecule has 10 nitrogen and oxygen atoms in total. The highest BCUT2D eigenvalue weighted by atomic mass is 35.5. The summed E-state index contributed by atoms with van der Waals surface area (Å²) in [7, 11) is 0. The van der Waals surface area contributed by atoms with Crippen molar-refractivity contribution in [1.82, 2.24) is 24.6 Å². The van der Waals surface area contributed by atoms with Gasteiger partial charge in [0.15, 0.2) is 6.23 Å². The predicted octanol–water partition coefficient (Wildman–Crippen LogP) is 5.53. The van der Waals surface area contributed by atoms with Gasteiger partial charge in [-0.25, -0.2) is 4.68 Å². The summed E-state index contributed by atoms with van der Waals surface area (Å²) in [4.78, 5) is 41.8. The van der Waals surface area contributed by atoms with Gasteiger partial charge in [-0.2, -0.15) is 5.10 Å². The third kappa shape index (κ3) is 7.13. The topological polar surface area (TPSA) is 128 Å². The van der Waals surface area contributed by atoms with Gasteiger partial charge in [0.2, 0.25) is 0 Å². The Morgan fingerprint density at radius 3 is 2.60 bits per heavy atom. The third-order valence-corrected chi connectivity index (χ3v) is 8.11. The Kier molecular flexibility index (Phi) is 9.04. The molecular weight excluding hydrogens is 594 g/mol. The minimum Gasteiger partial charge on any atom is -0.481 e. The fourth-order valence-electron chi connectivity index (χ4n) is 5.66. The molecule has 2 atom stereocenters. The number of nitrogens with zero attached hydrogens (tertiary/aromatic N) is 4. The molecule has 1 saturated heterocycles. The summed E-state index contributed by atoms with van der Waals surface area (Å²) in [5, 5.41) is 18.6. The van der Waals surface area contributed by atoms with Crippen molar-refractivity contribution in [3.05, 3.63) is 129 Å². The molecule has 3 aromatic heterocycles. The molecule has 230 valence electrons. The van der Waals surface area contributed by atoms with E-state index in [1.54, 1.807) is 45.9 Å². The van der Waals surface area contributed by atoms with E-state index in [1.807, 2.05) is 36.4 Å². The molecule has 5 aromatic rings. The molecule has 0 spiro atoms. The highest BCUT2D eigenvalue weighted by Gasteiger charge is 2.28. The van der Waals surface area contributed by atoms with E-state index in [4.69, 9.17) is 21.4 Å². The van der Waals surface area contributed by atoms with Crippen LogP contribution in [0.5, 0.6) is 0 Å². The lowest BCUT2D eigenvalue weighted by Crippen LogP contribution is -2.31. The number of carbonyl (C=O) groups excluding carboxylic acids is 1. The zero-order valence-electron chi connectivity index (χ0n) is 24.4. The van der Waals surface area contributed by atoms with Gasteiger partial charge in [0.05, 0.1) is 35.8 Å². The Hall–Kier alpha value is -4.80. The lowest BCUT2D eigenvalue weighted by atomic mass is 10.0. The van der Waals surface area contributed by atoms with Gasteiger partial charge in [-0.1, -0.05) is 41.9 Å². The highest BCUT2D eigenvalue weighted by Crippen LogP contribution is 2.33. The average Bonchev–Trinajstić information content (AvgIpc) is 3.42. The molecule has 11 heteroatoms. The van der Waals surface area contributed by atoms with Crippen LogP contribution in [0, 0.1) is 0 Å². The number of pyridine rings is 2. The first-order valence-electron chi connectivity index (χ1n) is 14.8. The van der Waals surface area contributed by atoms with E-state index in [-0.39, 0.29) is 18.2 Å². The first-order chi connectivity index (χ1) is 21.8. The van der Waals surface area contributed by atoms with E-state index in [2.05, 4.69) is 10.3 Å². The maximum Gasteiger partial charge on any atom is 0.305 e. The van der Waals surface area contributed by atoms with Gasteiger partial charge >= 0.3 is 5.97 Å². The number of carboxylic acids is 1. The monoisotopic (exact) mass is 625 g/mol. The zero-order valence-corrected chi connectivity index (χ0v) is 25.2. The van der Waals surface area contributed by atoms with Crippen LogP contribution in [-0.2, 0) is 22.5 Å². The standard InChI is InChI=1S/C34H32ClN5O5/c35-26-11-12-29-27(17-26)33(38-40(29)31-6-2-4-14-45-31)28(18-32(42)43)37-34(44)25-16-24(19-36-20-25)15-22-7-9-23(10-8-22)21-39-13-3-1-5-30(39)41/h1,3,5,7-13,16-17,19-20,28,31H,2,4,6,14-15,18,21H2,(H,37,44)(H,42,43). The van der Waals surface area contributed by atoms with Crippen LogP contribution in [0.2, 0.25) is 5.02 Å². The second-order valence-electron chi connectivity index (χ2n) is 11.2. The van der Waals surface area contributed by atoms with Crippen molar-refractivity contribution in [1.29, 1.82) is 0 Å². The molecule has 1 aliphatic heterocycles. The number of halogens is 1. The molecule has 0 aliphatic carbocycles. The maximum absolute atomic E-state index is 13.5. The second-order valence-corrected chi connectivity index (χ2v) is 11.6. The molecule has 2 N–H and O–H groups in total. The fraction of sp³-hybridized carbons (Fsp3) is 0.265. The number of carbonyl (C=O) groups is 2. The van der Waals surface area contributed by atoms with Crippen molar-refractivity contribution in [2.24, 2.45) is 0 Å². The number of fused-ring (bicyclic) bond motifs is 1. The molecular formula is C34H32ClN5O5. The Morgan fingerprint density at radius 2 is 1.84 bits per heavy atom. The number of amides is 1. The first-order valence-corrected chi connectivity index (χ1v) is 15.2. The summed E-state index contributed by atoms with van der Waals surface area (Å²) in [5.41, 5.74) is 4.25. The molecule has 45 heavy (non-hydrogen) atoms. The first kappa shape index (κ1) is 30.2. The van der Waals surface area contributed by atoms with Gasteiger partial charge in [-0.3, -0.25) is 19.4 Å². The number of hydrogen-bond donors (Lipinski definition) is 2. The van der Waals surface area contributed by atoms with Crippen LogP contribution in [-0.4, -0.2) is 42.9 Å². The van der Waals surface area contributed by atoms with Crippen molar-refractivity contribution in [2.45, 2.75) is 50.9 Å². The summed E-state index contributed by atoms with van der Waals surface area (Å²) in [5.74, 6) is -1.54. The lowest BCUT2D eigenvalue weighted by molar-refractivity contribution is -0.137. The molecule has 4 heterocycles. The van der Waals surface area contributed by atoms with Crippen LogP contribution >= 0.6 is 11.6 Å². The Balaban J connectivity index is 1.21. The van der Waals surface area contributed by atoms with Crippen LogP contribution in [0.15, 0.2) is 90.1 Å². The summed E-state index contributed by atoms with van der Waals surface area (Å²) >= 11 is 6.34. The van der Waals surface area contributed by atoms with E-state index in [0.29, 0.717) is 41.2 Å². The molecule has 1 fully saturated rings. The number of rotatable bonds is 10. The minimum atomic E-state index is -1.08. The van der Waals surface area contributed by atoms with E-state index >= 15 is 0 Å². The van der Waals surface area contributed by atoms with Crippen LogP contribution in [0.4, 0.5) is 0 Å². The summed E-state index contributed by atoms with van der Waals surface area (Å²) in [6.07, 6.45) is 7.54. The second kappa shape index (κ2) is 13.5. The van der Waals surface area contributed by atoms with Gasteiger partial charge in [0, 0.05) is 41.7 Å². The normalized spacial score (nSPS) is 15.5. The fourth-order valence-corrected chi connectivity index (χ4v) is 5.83. The molecule has 0 radical (unpaired) electrons. The largest absolute Gasteiger partial charge is 0.481 e. The maximum atomic E-state index is 13.5. The number of ether oxygens (including phenoxy) is 1. The van der Waals surface area contributed by atoms with Gasteiger partial charge in [-0.05, 0) is 72.7 Å². The highest BCUT2D eigenvalue weighted by molar-refractivity contribution is 6.31. The summed E-state index contributed by atoms with van der Waals surface area (Å²) in [6, 6.07) is 19.2. The SMILES string of the molecule is O=C(O)CC(NC(=O)c1cncc(Cc2ccc(Cn3ccccc3=O)cc2)c1)c1nn(C2CCCCO2)c2ccc(Cl)cc12. The molecule has 0 saturated carbocycles. The quantitative estimate of drug-likeness (QED) is 0.209. The number of aromatic nitrogens is 4. The number of nitrogens with one attached hydrogen (secondary N) is 1. The van der Waals surface area contributed by atoms with Gasteiger partial charge in [-0.15, -0.1) is 0 Å². The Bertz CT molecular complexity index is 1900. The zero-order chi connectivity index (χ0) is 31.3. The van der Waals surface area contributed by atoms with E-state index in [1.165, 1.54) is 12.3 Å². The number of aliphatic carboxylic acids is 1. The van der Waals surface area contributed by atoms with Crippen LogP contribution < -0.4 is 10.9 Å². The van der Waals surface area contributed by atoms with E-state index < -0.39 is 17.9 Å². The Labute approximate surface area is 264 Å². The van der Waals surface area contributed by atoms with Gasteiger partial charge in [0.25, 0.3) is 11.5 Å². The van der Waals surface area contributed by atoms with Crippen LogP contribution in [0.3, 0.4) is 0 Å². The number of hydrogen-bond acceptors (Lipinski definition) is 6. The van der Waals surface area contributed by atoms with Gasteiger partial charge < -0.3 is 19.7 Å². The average molecular weight is 626 g/mol. The summed E-state index contributed by atoms with van der Waals surface area (Å²) < 4.78 is 9.38.